The van der Waals surface area contributed by atoms with Gasteiger partial charge in [-0.1, -0.05) is 18.2 Å². The third-order valence-electron chi connectivity index (χ3n) is 3.95. The maximum atomic E-state index is 12.6. The van der Waals surface area contributed by atoms with Crippen LogP contribution in [0.2, 0.25) is 0 Å². The van der Waals surface area contributed by atoms with Crippen LogP contribution in [0.5, 0.6) is 0 Å². The summed E-state index contributed by atoms with van der Waals surface area (Å²) in [5, 5.41) is 0. The van der Waals surface area contributed by atoms with Crippen molar-refractivity contribution in [3.05, 3.63) is 29.8 Å². The molecule has 0 atom stereocenters. The highest BCUT2D eigenvalue weighted by Crippen LogP contribution is 2.29. The van der Waals surface area contributed by atoms with Crippen molar-refractivity contribution in [1.29, 1.82) is 0 Å². The third kappa shape index (κ3) is 2.15. The van der Waals surface area contributed by atoms with E-state index in [1.165, 1.54) is 5.56 Å². The van der Waals surface area contributed by atoms with Crippen molar-refractivity contribution in [2.75, 3.05) is 24.7 Å². The number of nitrogens with zero attached hydrogens (tertiary/aromatic N) is 1. The summed E-state index contributed by atoms with van der Waals surface area (Å²) < 4.78 is 5.34. The van der Waals surface area contributed by atoms with E-state index in [0.29, 0.717) is 5.91 Å². The number of benzene rings is 1. The lowest BCUT2D eigenvalue weighted by Gasteiger charge is -2.33. The highest BCUT2D eigenvalue weighted by atomic mass is 16.5. The summed E-state index contributed by atoms with van der Waals surface area (Å²) in [6, 6.07) is 8.29. The Morgan fingerprint density at radius 1 is 1.22 bits per heavy atom. The minimum absolute atomic E-state index is 0.157. The summed E-state index contributed by atoms with van der Waals surface area (Å²) in [6.45, 7) is 2.32. The molecule has 1 amide bonds. The average molecular weight is 245 g/mol. The average Bonchev–Trinajstić information content (AvgIpc) is 2.47. The Morgan fingerprint density at radius 2 is 2.00 bits per heavy atom. The molecule has 0 bridgehead atoms. The first-order valence-electron chi connectivity index (χ1n) is 6.83. The molecule has 2 aliphatic rings. The number of hydrogen-bond acceptors (Lipinski definition) is 2. The van der Waals surface area contributed by atoms with Gasteiger partial charge in [-0.15, -0.1) is 0 Å². The smallest absolute Gasteiger partial charge is 0.230 e. The fourth-order valence-electron chi connectivity index (χ4n) is 2.93. The van der Waals surface area contributed by atoms with E-state index in [9.17, 15) is 4.79 Å². The first kappa shape index (κ1) is 11.7. The molecule has 96 valence electrons. The molecule has 1 fully saturated rings. The molecule has 2 aliphatic heterocycles. The molecule has 0 N–H and O–H groups in total. The molecular weight excluding hydrogens is 226 g/mol. The molecule has 1 saturated heterocycles. The van der Waals surface area contributed by atoms with Gasteiger partial charge in [0.15, 0.2) is 0 Å². The van der Waals surface area contributed by atoms with Gasteiger partial charge in [0.05, 0.1) is 0 Å². The van der Waals surface area contributed by atoms with Crippen molar-refractivity contribution in [1.82, 2.24) is 0 Å². The minimum Gasteiger partial charge on any atom is -0.381 e. The van der Waals surface area contributed by atoms with Crippen molar-refractivity contribution >= 4 is 11.6 Å². The van der Waals surface area contributed by atoms with Crippen LogP contribution in [0.1, 0.15) is 24.8 Å². The third-order valence-corrected chi connectivity index (χ3v) is 3.95. The lowest BCUT2D eigenvalue weighted by atomic mass is 9.95. The van der Waals surface area contributed by atoms with E-state index in [-0.39, 0.29) is 5.92 Å². The van der Waals surface area contributed by atoms with E-state index >= 15 is 0 Å². The Morgan fingerprint density at radius 3 is 2.83 bits per heavy atom. The van der Waals surface area contributed by atoms with E-state index in [0.717, 1.165) is 51.1 Å². The first-order valence-corrected chi connectivity index (χ1v) is 6.83. The van der Waals surface area contributed by atoms with E-state index < -0.39 is 0 Å². The summed E-state index contributed by atoms with van der Waals surface area (Å²) in [7, 11) is 0. The Labute approximate surface area is 108 Å². The number of hydrogen-bond donors (Lipinski definition) is 0. The van der Waals surface area contributed by atoms with Crippen LogP contribution in [0.25, 0.3) is 0 Å². The van der Waals surface area contributed by atoms with Gasteiger partial charge in [0.1, 0.15) is 0 Å². The van der Waals surface area contributed by atoms with Crippen molar-refractivity contribution < 1.29 is 9.53 Å². The second-order valence-electron chi connectivity index (χ2n) is 5.11. The van der Waals surface area contributed by atoms with Crippen molar-refractivity contribution in [3.8, 4) is 0 Å². The van der Waals surface area contributed by atoms with Crippen molar-refractivity contribution in [3.63, 3.8) is 0 Å². The topological polar surface area (TPSA) is 29.5 Å². The fraction of sp³-hybridized carbons (Fsp3) is 0.533. The summed E-state index contributed by atoms with van der Waals surface area (Å²) in [5.41, 5.74) is 2.43. The molecule has 18 heavy (non-hydrogen) atoms. The maximum absolute atomic E-state index is 12.6. The molecule has 3 rings (SSSR count). The molecule has 2 heterocycles. The summed E-state index contributed by atoms with van der Waals surface area (Å²) in [4.78, 5) is 14.6. The molecule has 1 aromatic rings. The zero-order valence-corrected chi connectivity index (χ0v) is 10.6. The number of anilines is 1. The van der Waals surface area contributed by atoms with Crippen molar-refractivity contribution in [2.24, 2.45) is 5.92 Å². The van der Waals surface area contributed by atoms with Gasteiger partial charge in [-0.05, 0) is 37.3 Å². The Kier molecular flexibility index (Phi) is 3.33. The van der Waals surface area contributed by atoms with Crippen molar-refractivity contribution in [2.45, 2.75) is 25.7 Å². The Hall–Kier alpha value is -1.35. The van der Waals surface area contributed by atoms with Gasteiger partial charge in [-0.3, -0.25) is 4.79 Å². The predicted octanol–water partition coefficient (Wildman–Crippen LogP) is 2.39. The van der Waals surface area contributed by atoms with Crippen LogP contribution in [0.3, 0.4) is 0 Å². The molecule has 0 aromatic heterocycles. The van der Waals surface area contributed by atoms with Gasteiger partial charge < -0.3 is 9.64 Å². The van der Waals surface area contributed by atoms with E-state index in [2.05, 4.69) is 18.2 Å². The lowest BCUT2D eigenvalue weighted by molar-refractivity contribution is -0.125. The number of amides is 1. The van der Waals surface area contributed by atoms with E-state index in [4.69, 9.17) is 4.74 Å². The minimum atomic E-state index is 0.157. The SMILES string of the molecule is O=C(C1CCOCC1)N1CCCc2ccccc21. The summed E-state index contributed by atoms with van der Waals surface area (Å²) >= 11 is 0. The second kappa shape index (κ2) is 5.11. The Balaban J connectivity index is 1.82. The van der Waals surface area contributed by atoms with Crippen LogP contribution in [0, 0.1) is 5.92 Å². The number of para-hydroxylation sites is 1. The number of rotatable bonds is 1. The van der Waals surface area contributed by atoms with Crippen LogP contribution >= 0.6 is 0 Å². The largest absolute Gasteiger partial charge is 0.381 e. The highest BCUT2D eigenvalue weighted by molar-refractivity contribution is 5.96. The van der Waals surface area contributed by atoms with Crippen LogP contribution in [-0.2, 0) is 16.0 Å². The monoisotopic (exact) mass is 245 g/mol. The zero-order valence-electron chi connectivity index (χ0n) is 10.6. The summed E-state index contributed by atoms with van der Waals surface area (Å²) in [5.74, 6) is 0.454. The van der Waals surface area contributed by atoms with Crippen LogP contribution < -0.4 is 4.90 Å². The van der Waals surface area contributed by atoms with E-state index in [1.807, 2.05) is 11.0 Å². The van der Waals surface area contributed by atoms with Crippen LogP contribution in [0.4, 0.5) is 5.69 Å². The van der Waals surface area contributed by atoms with Gasteiger partial charge >= 0.3 is 0 Å². The molecular formula is C15H19NO2. The van der Waals surface area contributed by atoms with Gasteiger partial charge in [-0.2, -0.15) is 0 Å². The predicted molar refractivity (Wildman–Crippen MR) is 70.7 cm³/mol. The molecule has 1 aromatic carbocycles. The molecule has 0 aliphatic carbocycles. The second-order valence-corrected chi connectivity index (χ2v) is 5.11. The number of ether oxygens (including phenoxy) is 1. The molecule has 3 nitrogen and oxygen atoms in total. The maximum Gasteiger partial charge on any atom is 0.230 e. The molecule has 0 spiro atoms. The van der Waals surface area contributed by atoms with Gasteiger partial charge in [0.25, 0.3) is 0 Å². The number of fused-ring (bicyclic) bond motifs is 1. The quantitative estimate of drug-likeness (QED) is 0.760. The first-order chi connectivity index (χ1) is 8.86. The van der Waals surface area contributed by atoms with Gasteiger partial charge in [-0.25, -0.2) is 0 Å². The molecule has 0 saturated carbocycles. The fourth-order valence-corrected chi connectivity index (χ4v) is 2.93. The molecule has 0 radical (unpaired) electrons. The standard InChI is InChI=1S/C15H19NO2/c17-15(13-7-10-18-11-8-13)16-9-3-5-12-4-1-2-6-14(12)16/h1-2,4,6,13H,3,5,7-11H2. The normalized spacial score (nSPS) is 20.6. The zero-order chi connectivity index (χ0) is 12.4. The Bertz CT molecular complexity index is 438. The van der Waals surface area contributed by atoms with Crippen LogP contribution in [-0.4, -0.2) is 25.7 Å². The highest BCUT2D eigenvalue weighted by Gasteiger charge is 2.29. The molecule has 0 unspecified atom stereocenters. The number of carbonyl (C=O) groups is 1. The van der Waals surface area contributed by atoms with Crippen LogP contribution in [0.15, 0.2) is 24.3 Å². The molecule has 3 heteroatoms. The number of carbonyl (C=O) groups excluding carboxylic acids is 1. The van der Waals surface area contributed by atoms with Gasteiger partial charge in [0, 0.05) is 31.4 Å². The number of aryl methyl sites for hydroxylation is 1. The van der Waals surface area contributed by atoms with Gasteiger partial charge in [0.2, 0.25) is 5.91 Å². The lowest BCUT2D eigenvalue weighted by Crippen LogP contribution is -2.41. The van der Waals surface area contributed by atoms with E-state index in [1.54, 1.807) is 0 Å². The summed E-state index contributed by atoms with van der Waals surface area (Å²) in [6.07, 6.45) is 3.91.